The Kier molecular flexibility index (Phi) is 7.75. The van der Waals surface area contributed by atoms with Gasteiger partial charge in [0.1, 0.15) is 0 Å². The summed E-state index contributed by atoms with van der Waals surface area (Å²) in [4.78, 5) is 0.975. The smallest absolute Gasteiger partial charge is 0.0861 e. The maximum absolute atomic E-state index is 9.14. The molecule has 1 rings (SSSR count). The lowest BCUT2D eigenvalue weighted by Gasteiger charge is -2.07. The van der Waals surface area contributed by atoms with Crippen molar-refractivity contribution < 1.29 is 10.2 Å². The molecule has 1 unspecified atom stereocenters. The van der Waals surface area contributed by atoms with Gasteiger partial charge in [-0.05, 0) is 18.2 Å². The number of aliphatic hydroxyl groups is 2. The quantitative estimate of drug-likeness (QED) is 0.599. The molecule has 6 heteroatoms. The summed E-state index contributed by atoms with van der Waals surface area (Å²) in [5.74, 6) is 2.34. The summed E-state index contributed by atoms with van der Waals surface area (Å²) >= 11 is 15.1. The Labute approximate surface area is 120 Å². The first kappa shape index (κ1) is 15.5. The fraction of sp³-hybridized carbons (Fsp3) is 0.455. The lowest BCUT2D eigenvalue weighted by molar-refractivity contribution is 0.113. The second-order valence-corrected chi connectivity index (χ2v) is 6.46. The van der Waals surface area contributed by atoms with Crippen molar-refractivity contribution in [1.29, 1.82) is 0 Å². The molecule has 0 amide bonds. The molecule has 1 atom stereocenters. The fourth-order valence-electron chi connectivity index (χ4n) is 1.07. The van der Waals surface area contributed by atoms with Gasteiger partial charge in [0.2, 0.25) is 0 Å². The summed E-state index contributed by atoms with van der Waals surface area (Å²) in [6.07, 6.45) is -0.625. The van der Waals surface area contributed by atoms with E-state index in [1.807, 2.05) is 6.07 Å². The van der Waals surface area contributed by atoms with Crippen LogP contribution in [0.15, 0.2) is 23.1 Å². The van der Waals surface area contributed by atoms with E-state index in [0.29, 0.717) is 15.8 Å². The molecule has 0 aliphatic rings. The van der Waals surface area contributed by atoms with E-state index in [2.05, 4.69) is 0 Å². The summed E-state index contributed by atoms with van der Waals surface area (Å²) in [5, 5.41) is 19.2. The maximum atomic E-state index is 9.14. The van der Waals surface area contributed by atoms with Crippen LogP contribution >= 0.6 is 46.7 Å². The third-order valence-electron chi connectivity index (χ3n) is 1.90. The third kappa shape index (κ3) is 6.22. The monoisotopic (exact) mass is 312 g/mol. The summed E-state index contributed by atoms with van der Waals surface area (Å²) in [6, 6.07) is 5.40. The molecule has 0 spiro atoms. The van der Waals surface area contributed by atoms with Crippen molar-refractivity contribution >= 4 is 46.7 Å². The Hall–Kier alpha value is 0.420. The number of rotatable bonds is 7. The minimum atomic E-state index is -0.625. The molecule has 96 valence electrons. The number of thioether (sulfide) groups is 2. The van der Waals surface area contributed by atoms with Gasteiger partial charge in [-0.2, -0.15) is 11.8 Å². The van der Waals surface area contributed by atoms with Crippen LogP contribution in [-0.2, 0) is 0 Å². The van der Waals surface area contributed by atoms with E-state index in [4.69, 9.17) is 33.4 Å². The molecule has 0 aromatic heterocycles. The lowest BCUT2D eigenvalue weighted by Crippen LogP contribution is -2.15. The van der Waals surface area contributed by atoms with Gasteiger partial charge in [0.15, 0.2) is 0 Å². The fourth-order valence-corrected chi connectivity index (χ4v) is 3.57. The lowest BCUT2D eigenvalue weighted by atomic mass is 10.4. The Balaban J connectivity index is 2.24. The van der Waals surface area contributed by atoms with Gasteiger partial charge in [0.25, 0.3) is 0 Å². The molecule has 0 radical (unpaired) electrons. The van der Waals surface area contributed by atoms with Crippen LogP contribution in [0.2, 0.25) is 10.0 Å². The van der Waals surface area contributed by atoms with E-state index in [1.54, 1.807) is 35.7 Å². The van der Waals surface area contributed by atoms with E-state index in [1.165, 1.54) is 0 Å². The minimum absolute atomic E-state index is 0.180. The molecule has 0 heterocycles. The van der Waals surface area contributed by atoms with Crippen LogP contribution < -0.4 is 0 Å². The SMILES string of the molecule is OCC(O)CSCCSc1cc(Cl)ccc1Cl. The topological polar surface area (TPSA) is 40.5 Å². The zero-order chi connectivity index (χ0) is 12.7. The first-order valence-corrected chi connectivity index (χ1v) is 7.97. The molecule has 1 aromatic carbocycles. The zero-order valence-corrected chi connectivity index (χ0v) is 12.2. The highest BCUT2D eigenvalue weighted by atomic mass is 35.5. The van der Waals surface area contributed by atoms with Gasteiger partial charge in [0, 0.05) is 27.2 Å². The van der Waals surface area contributed by atoms with Crippen LogP contribution in [-0.4, -0.2) is 40.2 Å². The molecule has 2 nitrogen and oxygen atoms in total. The van der Waals surface area contributed by atoms with Gasteiger partial charge >= 0.3 is 0 Å². The second kappa shape index (κ2) is 8.51. The minimum Gasteiger partial charge on any atom is -0.394 e. The summed E-state index contributed by atoms with van der Waals surface area (Å²) in [5.41, 5.74) is 0. The van der Waals surface area contributed by atoms with Gasteiger partial charge in [-0.15, -0.1) is 11.8 Å². The molecule has 0 aliphatic heterocycles. The van der Waals surface area contributed by atoms with Crippen LogP contribution in [0.3, 0.4) is 0 Å². The molecule has 0 fully saturated rings. The van der Waals surface area contributed by atoms with Crippen LogP contribution in [0, 0.1) is 0 Å². The molecule has 1 aromatic rings. The van der Waals surface area contributed by atoms with Crippen LogP contribution in [0.1, 0.15) is 0 Å². The van der Waals surface area contributed by atoms with Crippen molar-refractivity contribution in [2.45, 2.75) is 11.0 Å². The predicted octanol–water partition coefficient (Wildman–Crippen LogP) is 3.17. The van der Waals surface area contributed by atoms with E-state index >= 15 is 0 Å². The zero-order valence-electron chi connectivity index (χ0n) is 9.10. The van der Waals surface area contributed by atoms with Crippen molar-refractivity contribution in [2.24, 2.45) is 0 Å². The summed E-state index contributed by atoms with van der Waals surface area (Å²) < 4.78 is 0. The Bertz CT molecular complexity index is 350. The van der Waals surface area contributed by atoms with Gasteiger partial charge in [0.05, 0.1) is 17.7 Å². The average molecular weight is 313 g/mol. The Morgan fingerprint density at radius 1 is 1.24 bits per heavy atom. The van der Waals surface area contributed by atoms with E-state index in [9.17, 15) is 0 Å². The highest BCUT2D eigenvalue weighted by Crippen LogP contribution is 2.30. The third-order valence-corrected chi connectivity index (χ3v) is 5.00. The van der Waals surface area contributed by atoms with Gasteiger partial charge in [-0.25, -0.2) is 0 Å². The molecule has 0 saturated carbocycles. The van der Waals surface area contributed by atoms with Crippen LogP contribution in [0.25, 0.3) is 0 Å². The molecule has 2 N–H and O–H groups in total. The van der Waals surface area contributed by atoms with Crippen LogP contribution in [0.5, 0.6) is 0 Å². The highest BCUT2D eigenvalue weighted by Gasteiger charge is 2.04. The van der Waals surface area contributed by atoms with E-state index in [-0.39, 0.29) is 6.61 Å². The van der Waals surface area contributed by atoms with Crippen molar-refractivity contribution in [1.82, 2.24) is 0 Å². The number of hydrogen-bond donors (Lipinski definition) is 2. The summed E-state index contributed by atoms with van der Waals surface area (Å²) in [6.45, 7) is -0.180. The second-order valence-electron chi connectivity index (χ2n) is 3.33. The predicted molar refractivity (Wildman–Crippen MR) is 77.6 cm³/mol. The van der Waals surface area contributed by atoms with Crippen molar-refractivity contribution in [3.63, 3.8) is 0 Å². The van der Waals surface area contributed by atoms with Gasteiger partial charge < -0.3 is 10.2 Å². The Morgan fingerprint density at radius 2 is 2.00 bits per heavy atom. The van der Waals surface area contributed by atoms with Crippen molar-refractivity contribution in [3.05, 3.63) is 28.2 Å². The van der Waals surface area contributed by atoms with Gasteiger partial charge in [-0.3, -0.25) is 0 Å². The first-order chi connectivity index (χ1) is 8.13. The van der Waals surface area contributed by atoms with Crippen molar-refractivity contribution in [2.75, 3.05) is 23.9 Å². The molecular formula is C11H14Cl2O2S2. The molecule has 0 bridgehead atoms. The van der Waals surface area contributed by atoms with E-state index in [0.717, 1.165) is 16.4 Å². The number of aliphatic hydroxyl groups excluding tert-OH is 2. The highest BCUT2D eigenvalue weighted by molar-refractivity contribution is 8.03. The molecule has 0 saturated heterocycles. The summed E-state index contributed by atoms with van der Waals surface area (Å²) in [7, 11) is 0. The number of benzene rings is 1. The largest absolute Gasteiger partial charge is 0.394 e. The average Bonchev–Trinajstić information content (AvgIpc) is 2.32. The molecule has 0 aliphatic carbocycles. The first-order valence-electron chi connectivity index (χ1n) is 5.08. The number of halogens is 2. The normalized spacial score (nSPS) is 12.7. The van der Waals surface area contributed by atoms with Crippen LogP contribution in [0.4, 0.5) is 0 Å². The van der Waals surface area contributed by atoms with Crippen molar-refractivity contribution in [3.8, 4) is 0 Å². The van der Waals surface area contributed by atoms with Gasteiger partial charge in [-0.1, -0.05) is 23.2 Å². The molecular weight excluding hydrogens is 299 g/mol. The standard InChI is InChI=1S/C11H14Cl2O2S2/c12-8-1-2-10(13)11(5-8)17-4-3-16-7-9(15)6-14/h1-2,5,9,14-15H,3-4,6-7H2. The Morgan fingerprint density at radius 3 is 2.71 bits per heavy atom. The number of hydrogen-bond acceptors (Lipinski definition) is 4. The van der Waals surface area contributed by atoms with E-state index < -0.39 is 6.10 Å². The maximum Gasteiger partial charge on any atom is 0.0861 e. The molecule has 17 heavy (non-hydrogen) atoms.